The van der Waals surface area contributed by atoms with Crippen LogP contribution in [0.2, 0.25) is 0 Å². The van der Waals surface area contributed by atoms with Gasteiger partial charge in [-0.15, -0.1) is 0 Å². The van der Waals surface area contributed by atoms with Crippen molar-refractivity contribution in [3.63, 3.8) is 0 Å². The second kappa shape index (κ2) is 14.0. The highest BCUT2D eigenvalue weighted by Gasteiger charge is 2.34. The number of nitrogens with one attached hydrogen (secondary N) is 5. The van der Waals surface area contributed by atoms with Crippen LogP contribution in [-0.2, 0) is 43.9 Å². The number of halogens is 3. The Balaban J connectivity index is 1.48. The number of anilines is 3. The van der Waals surface area contributed by atoms with E-state index in [1.807, 2.05) is 0 Å². The monoisotopic (exact) mass is 643 g/mol. The van der Waals surface area contributed by atoms with Gasteiger partial charge in [-0.05, 0) is 48.7 Å². The predicted molar refractivity (Wildman–Crippen MR) is 154 cm³/mol. The van der Waals surface area contributed by atoms with Gasteiger partial charge in [-0.1, -0.05) is 12.1 Å². The fourth-order valence-corrected chi connectivity index (χ4v) is 6.38. The lowest BCUT2D eigenvalue weighted by atomic mass is 10.1. The molecule has 0 saturated carbocycles. The third-order valence-corrected chi connectivity index (χ3v) is 9.30. The van der Waals surface area contributed by atoms with Crippen LogP contribution in [0, 0.1) is 0 Å². The molecule has 1 aromatic heterocycles. The van der Waals surface area contributed by atoms with Gasteiger partial charge in [-0.25, -0.2) is 31.3 Å². The molecule has 17 heteroatoms. The summed E-state index contributed by atoms with van der Waals surface area (Å²) in [6.07, 6.45) is -2.70. The van der Waals surface area contributed by atoms with E-state index in [1.54, 1.807) is 12.1 Å². The van der Waals surface area contributed by atoms with Crippen LogP contribution in [-0.4, -0.2) is 66.7 Å². The van der Waals surface area contributed by atoms with Crippen LogP contribution in [0.5, 0.6) is 0 Å². The molecule has 2 aromatic carbocycles. The first-order chi connectivity index (χ1) is 20.4. The van der Waals surface area contributed by atoms with Crippen LogP contribution < -0.4 is 25.4 Å². The van der Waals surface area contributed by atoms with Crippen molar-refractivity contribution in [3.05, 3.63) is 65.4 Å². The first-order valence-electron chi connectivity index (χ1n) is 13.2. The van der Waals surface area contributed by atoms with Gasteiger partial charge in [0.1, 0.15) is 5.82 Å². The maximum atomic E-state index is 13.7. The number of nitrogens with zero attached hydrogens (tertiary/aromatic N) is 2. The van der Waals surface area contributed by atoms with Gasteiger partial charge in [0.15, 0.2) is 0 Å². The molecule has 0 spiro atoms. The standard InChI is InChI=1S/C26H32F3N7O5S2/c1-41-13-12-30-16-18-6-7-22(15-23(18)26(27,28)29)43(39,40)34-11-8-19-17-32-25-35-20-4-2-5-21(14-20)42(37,38)33-10-3-9-31-24(19)36-25/h2,4-7,14-15,17,30,33-34H,3,8-13,16H2,1H3,(H2,31,32,35,36). The molecule has 5 N–H and O–H groups in total. The molecule has 4 rings (SSSR count). The molecule has 234 valence electrons. The van der Waals surface area contributed by atoms with Crippen LogP contribution >= 0.6 is 0 Å². The maximum absolute atomic E-state index is 13.7. The Morgan fingerprint density at radius 1 is 1.07 bits per heavy atom. The minimum absolute atomic E-state index is 0.0843. The molecular weight excluding hydrogens is 611 g/mol. The van der Waals surface area contributed by atoms with E-state index in [0.717, 1.165) is 12.1 Å². The Morgan fingerprint density at radius 2 is 1.88 bits per heavy atom. The van der Waals surface area contributed by atoms with E-state index in [1.165, 1.54) is 25.4 Å². The molecule has 0 amide bonds. The smallest absolute Gasteiger partial charge is 0.383 e. The SMILES string of the molecule is COCCNCc1ccc(S(=O)(=O)NCCc2cnc3nc2NCCCNS(=O)(=O)c2cccc(c2)N3)cc1C(F)(F)F. The summed E-state index contributed by atoms with van der Waals surface area (Å²) < 4.78 is 102. The second-order valence-electron chi connectivity index (χ2n) is 9.53. The lowest BCUT2D eigenvalue weighted by Gasteiger charge is -2.16. The quantitative estimate of drug-likeness (QED) is 0.208. The zero-order chi connectivity index (χ0) is 31.1. The highest BCUT2D eigenvalue weighted by atomic mass is 32.2. The third kappa shape index (κ3) is 8.84. The van der Waals surface area contributed by atoms with Gasteiger partial charge in [0.05, 0.1) is 22.0 Å². The molecule has 2 heterocycles. The van der Waals surface area contributed by atoms with Crippen molar-refractivity contribution < 1.29 is 34.7 Å². The molecular formula is C26H32F3N7O5S2. The van der Waals surface area contributed by atoms with Gasteiger partial charge >= 0.3 is 6.18 Å². The topological polar surface area (TPSA) is 163 Å². The van der Waals surface area contributed by atoms with Crippen molar-refractivity contribution in [1.82, 2.24) is 24.7 Å². The molecule has 1 aliphatic rings. The minimum atomic E-state index is -4.75. The van der Waals surface area contributed by atoms with E-state index >= 15 is 0 Å². The van der Waals surface area contributed by atoms with Gasteiger partial charge in [0.25, 0.3) is 0 Å². The van der Waals surface area contributed by atoms with Crippen molar-refractivity contribution >= 4 is 37.5 Å². The first kappa shape index (κ1) is 32.6. The summed E-state index contributed by atoms with van der Waals surface area (Å²) in [4.78, 5) is 8.31. The predicted octanol–water partition coefficient (Wildman–Crippen LogP) is 2.59. The number of rotatable bonds is 10. The van der Waals surface area contributed by atoms with Crippen LogP contribution in [0.25, 0.3) is 0 Å². The Bertz CT molecular complexity index is 1640. The average Bonchev–Trinajstić information content (AvgIpc) is 2.95. The molecule has 3 aromatic rings. The number of methoxy groups -OCH3 is 1. The number of benzene rings is 2. The summed E-state index contributed by atoms with van der Waals surface area (Å²) in [5.41, 5.74) is -0.131. The summed E-state index contributed by atoms with van der Waals surface area (Å²) in [7, 11) is -6.51. The van der Waals surface area contributed by atoms with Crippen LogP contribution in [0.15, 0.2) is 58.5 Å². The van der Waals surface area contributed by atoms with E-state index in [4.69, 9.17) is 4.74 Å². The number of alkyl halides is 3. The molecule has 4 bridgehead atoms. The normalized spacial score (nSPS) is 15.3. The fraction of sp³-hybridized carbons (Fsp3) is 0.385. The number of ether oxygens (including phenoxy) is 1. The van der Waals surface area contributed by atoms with Gasteiger partial charge in [-0.3, -0.25) is 0 Å². The summed E-state index contributed by atoms with van der Waals surface area (Å²) in [6.45, 7) is 0.915. The number of hydrogen-bond acceptors (Lipinski definition) is 10. The molecule has 0 atom stereocenters. The lowest BCUT2D eigenvalue weighted by Crippen LogP contribution is -2.27. The maximum Gasteiger partial charge on any atom is 0.416 e. The van der Waals surface area contributed by atoms with Crippen molar-refractivity contribution in [2.75, 3.05) is 50.5 Å². The van der Waals surface area contributed by atoms with E-state index in [2.05, 4.69) is 35.4 Å². The molecule has 12 nitrogen and oxygen atoms in total. The van der Waals surface area contributed by atoms with Crippen LogP contribution in [0.1, 0.15) is 23.1 Å². The van der Waals surface area contributed by atoms with Crippen molar-refractivity contribution in [2.45, 2.75) is 35.4 Å². The second-order valence-corrected chi connectivity index (χ2v) is 13.1. The number of fused-ring (bicyclic) bond motifs is 4. The summed E-state index contributed by atoms with van der Waals surface area (Å²) >= 11 is 0. The van der Waals surface area contributed by atoms with Crippen LogP contribution in [0.3, 0.4) is 0 Å². The number of aromatic nitrogens is 2. The van der Waals surface area contributed by atoms with E-state index in [-0.39, 0.29) is 42.5 Å². The van der Waals surface area contributed by atoms with Crippen molar-refractivity contribution in [3.8, 4) is 0 Å². The van der Waals surface area contributed by atoms with Crippen LogP contribution in [0.4, 0.5) is 30.6 Å². The largest absolute Gasteiger partial charge is 0.416 e. The highest BCUT2D eigenvalue weighted by molar-refractivity contribution is 7.89. The summed E-state index contributed by atoms with van der Waals surface area (Å²) in [6, 6.07) is 9.08. The van der Waals surface area contributed by atoms with Gasteiger partial charge in [0, 0.05) is 57.3 Å². The molecule has 43 heavy (non-hydrogen) atoms. The number of hydrogen-bond donors (Lipinski definition) is 5. The zero-order valence-electron chi connectivity index (χ0n) is 23.2. The van der Waals surface area contributed by atoms with E-state index in [0.29, 0.717) is 49.3 Å². The van der Waals surface area contributed by atoms with Gasteiger partial charge < -0.3 is 20.7 Å². The Kier molecular flexibility index (Phi) is 10.6. The summed E-state index contributed by atoms with van der Waals surface area (Å²) in [5.74, 6) is 0.588. The van der Waals surface area contributed by atoms with Gasteiger partial charge in [-0.2, -0.15) is 18.2 Å². The third-order valence-electron chi connectivity index (χ3n) is 6.38. The van der Waals surface area contributed by atoms with E-state index in [9.17, 15) is 30.0 Å². The Hall–Kier alpha value is -3.35. The average molecular weight is 644 g/mol. The molecule has 0 saturated heterocycles. The number of sulfonamides is 2. The molecule has 0 fully saturated rings. The first-order valence-corrected chi connectivity index (χ1v) is 16.2. The Labute approximate surface area is 248 Å². The molecule has 0 aliphatic carbocycles. The Morgan fingerprint density at radius 3 is 2.65 bits per heavy atom. The van der Waals surface area contributed by atoms with Gasteiger partial charge in [0.2, 0.25) is 26.0 Å². The lowest BCUT2D eigenvalue weighted by molar-refractivity contribution is -0.138. The summed E-state index contributed by atoms with van der Waals surface area (Å²) in [5, 5.41) is 8.91. The molecule has 0 unspecified atom stereocenters. The molecule has 1 aliphatic heterocycles. The highest BCUT2D eigenvalue weighted by Crippen LogP contribution is 2.33. The fourth-order valence-electron chi connectivity index (χ4n) is 4.20. The molecule has 0 radical (unpaired) electrons. The zero-order valence-corrected chi connectivity index (χ0v) is 24.8. The minimum Gasteiger partial charge on any atom is -0.383 e. The van der Waals surface area contributed by atoms with Crippen molar-refractivity contribution in [1.29, 1.82) is 0 Å². The van der Waals surface area contributed by atoms with E-state index < -0.39 is 36.7 Å². The van der Waals surface area contributed by atoms with Crippen molar-refractivity contribution in [2.24, 2.45) is 0 Å².